The number of aromatic hydroxyl groups is 2. The van der Waals surface area contributed by atoms with Crippen LogP contribution in [0.15, 0.2) is 132 Å². The summed E-state index contributed by atoms with van der Waals surface area (Å²) in [6.07, 6.45) is 0. The van der Waals surface area contributed by atoms with Crippen LogP contribution >= 0.6 is 0 Å². The minimum atomic E-state index is -5.23. The van der Waals surface area contributed by atoms with E-state index in [1.54, 1.807) is 46.8 Å². The van der Waals surface area contributed by atoms with Crippen molar-refractivity contribution < 1.29 is 77.2 Å². The van der Waals surface area contributed by atoms with Crippen molar-refractivity contribution in [2.75, 3.05) is 14.8 Å². The van der Waals surface area contributed by atoms with E-state index in [0.29, 0.717) is 39.2 Å². The number of phenolic OH excluding ortho intramolecular Hbond substituents is 2. The lowest BCUT2D eigenvalue weighted by Gasteiger charge is -2.21. The van der Waals surface area contributed by atoms with Crippen molar-refractivity contribution in [2.45, 2.75) is 61.1 Å². The maximum absolute atomic E-state index is 13.7. The van der Waals surface area contributed by atoms with Crippen molar-refractivity contribution in [2.24, 2.45) is 4.99 Å². The Balaban J connectivity index is 1.33. The van der Waals surface area contributed by atoms with Gasteiger partial charge in [0.05, 0.1) is 33.5 Å². The Kier molecular flexibility index (Phi) is 13.8. The molecule has 0 atom stereocenters. The van der Waals surface area contributed by atoms with E-state index in [-0.39, 0.29) is 61.6 Å². The van der Waals surface area contributed by atoms with E-state index >= 15 is 0 Å². The monoisotopic (exact) mass is 1110 g/mol. The molecule has 0 amide bonds. The van der Waals surface area contributed by atoms with Crippen LogP contribution in [-0.4, -0.2) is 75.1 Å². The van der Waals surface area contributed by atoms with Gasteiger partial charge in [0.1, 0.15) is 42.4 Å². The summed E-state index contributed by atoms with van der Waals surface area (Å²) in [6, 6.07) is 20.7. The van der Waals surface area contributed by atoms with Crippen LogP contribution in [0, 0.1) is 41.5 Å². The first-order valence-corrected chi connectivity index (χ1v) is 28.0. The zero-order chi connectivity index (χ0) is 55.7. The third-order valence-corrected chi connectivity index (χ3v) is 16.9. The Bertz CT molecular complexity index is 4350. The number of carbonyl (C=O) groups is 2. The van der Waals surface area contributed by atoms with Gasteiger partial charge in [0, 0.05) is 45.6 Å². The fraction of sp³-hybridized carbons (Fsp3) is 0.118. The fourth-order valence-electron chi connectivity index (χ4n) is 8.87. The van der Waals surface area contributed by atoms with Gasteiger partial charge in [-0.15, -0.1) is 0 Å². The molecule has 0 fully saturated rings. The van der Waals surface area contributed by atoms with Crippen LogP contribution in [0.2, 0.25) is 0 Å². The summed E-state index contributed by atoms with van der Waals surface area (Å²) < 4.78 is 140. The van der Waals surface area contributed by atoms with Crippen LogP contribution < -0.4 is 20.1 Å². The maximum atomic E-state index is 13.7. The number of nitrogens with zero attached hydrogens (tertiary/aromatic N) is 1. The molecule has 9 N–H and O–H groups in total. The van der Waals surface area contributed by atoms with Gasteiger partial charge < -0.3 is 30.2 Å². The molecule has 0 unspecified atom stereocenters. The molecular formula is C51H44N4O17S4. The first-order valence-electron chi connectivity index (χ1n) is 22.2. The number of fused-ring (bicyclic) bond motifs is 2. The molecule has 1 aliphatic heterocycles. The number of carboxylic acids is 2. The van der Waals surface area contributed by atoms with E-state index in [0.717, 1.165) is 54.6 Å². The van der Waals surface area contributed by atoms with Gasteiger partial charge in [-0.05, 0) is 136 Å². The van der Waals surface area contributed by atoms with Gasteiger partial charge in [-0.25, -0.2) is 31.4 Å². The highest BCUT2D eigenvalue weighted by atomic mass is 32.2. The predicted octanol–water partition coefficient (Wildman–Crippen LogP) is 8.93. The van der Waals surface area contributed by atoms with Crippen molar-refractivity contribution in [3.8, 4) is 33.9 Å². The Morgan fingerprint density at radius 3 is 1.58 bits per heavy atom. The van der Waals surface area contributed by atoms with Gasteiger partial charge in [0.25, 0.3) is 40.3 Å². The topological polar surface area (TPSA) is 354 Å². The Morgan fingerprint density at radius 2 is 1.04 bits per heavy atom. The van der Waals surface area contributed by atoms with Crippen LogP contribution in [0.25, 0.3) is 33.4 Å². The van der Waals surface area contributed by atoms with E-state index in [9.17, 15) is 72.8 Å². The summed E-state index contributed by atoms with van der Waals surface area (Å²) in [5, 5.41) is 42.9. The molecule has 1 aliphatic carbocycles. The molecule has 1 heterocycles. The van der Waals surface area contributed by atoms with E-state index < -0.39 is 94.2 Å². The highest BCUT2D eigenvalue weighted by molar-refractivity contribution is 7.93. The molecule has 0 radical (unpaired) electrons. The first kappa shape index (κ1) is 53.9. The SMILES string of the molecule is Cc1cc(C)c(NS(=O)(=O)c2cc(C(=O)O)ccc2O)c(C)c1/N=c1\cc2oc3cc(Nc4c(C)cc(C)c(NS(=O)(=O)c5cc(C(=O)O)ccc5O)c4C)ccc3c(-c3ccccc3S(=O)(=O)O)c-2cc1S(=O)(=O)O. The summed E-state index contributed by atoms with van der Waals surface area (Å²) in [5.41, 5.74) is 2.00. The van der Waals surface area contributed by atoms with Crippen molar-refractivity contribution in [3.05, 3.63) is 153 Å². The molecule has 0 bridgehead atoms. The summed E-state index contributed by atoms with van der Waals surface area (Å²) in [4.78, 5) is 25.1. The Morgan fingerprint density at radius 1 is 0.526 bits per heavy atom. The normalized spacial score (nSPS) is 12.5. The third kappa shape index (κ3) is 10.3. The van der Waals surface area contributed by atoms with Gasteiger partial charge in [0.15, 0.2) is 0 Å². The van der Waals surface area contributed by atoms with Gasteiger partial charge in [-0.3, -0.25) is 18.5 Å². The summed E-state index contributed by atoms with van der Waals surface area (Å²) in [7, 11) is -19.5. The summed E-state index contributed by atoms with van der Waals surface area (Å²) in [5.74, 6) is -4.48. The average molecular weight is 1110 g/mol. The zero-order valence-corrected chi connectivity index (χ0v) is 43.8. The van der Waals surface area contributed by atoms with E-state index in [4.69, 9.17) is 4.42 Å². The van der Waals surface area contributed by atoms with E-state index in [1.165, 1.54) is 43.3 Å². The lowest BCUT2D eigenvalue weighted by atomic mass is 9.93. The second-order valence-electron chi connectivity index (χ2n) is 17.6. The summed E-state index contributed by atoms with van der Waals surface area (Å²) >= 11 is 0. The molecule has 0 saturated heterocycles. The molecule has 6 aromatic carbocycles. The minimum absolute atomic E-state index is 0.00338. The lowest BCUT2D eigenvalue weighted by molar-refractivity contribution is 0.0685. The quantitative estimate of drug-likeness (QED) is 0.0362. The molecule has 394 valence electrons. The molecule has 6 aromatic rings. The number of sulfonamides is 2. The number of phenols is 2. The first-order chi connectivity index (χ1) is 35.4. The molecule has 0 saturated carbocycles. The minimum Gasteiger partial charge on any atom is -0.507 e. The van der Waals surface area contributed by atoms with Gasteiger partial charge in [0.2, 0.25) is 0 Å². The summed E-state index contributed by atoms with van der Waals surface area (Å²) in [6.45, 7) is 9.57. The maximum Gasteiger partial charge on any atom is 0.335 e. The van der Waals surface area contributed by atoms with E-state index in [2.05, 4.69) is 19.8 Å². The smallest absolute Gasteiger partial charge is 0.335 e. The van der Waals surface area contributed by atoms with E-state index in [1.807, 2.05) is 0 Å². The Hall–Kier alpha value is -8.33. The van der Waals surface area contributed by atoms with Crippen LogP contribution in [0.3, 0.4) is 0 Å². The number of benzene rings is 7. The standard InChI is InChI=1S/C51H44N4O17S4/c1-24-17-26(3)48(54-73(62,63)43-19-30(50(58)59)11-15-37(43)56)28(5)46(24)52-32-13-14-33-39(21-32)72-40-23-36(42(76(69,70)71)22-35(40)45(33)34-9-7-8-10-41(34)75(66,67)68)53-47-25(2)18-27(4)49(29(47)6)55-74(64,65)44-20-31(51(60)61)12-16-38(44)57/h7-23,52,54-57H,1-6H3,(H,58,59)(H,60,61)(H,66,67,68)(H,69,70,71)/b53-36+. The lowest BCUT2D eigenvalue weighted by Crippen LogP contribution is -2.17. The molecule has 0 aromatic heterocycles. The number of nitrogens with one attached hydrogen (secondary N) is 3. The number of rotatable bonds is 14. The van der Waals surface area contributed by atoms with Gasteiger partial charge in [-0.1, -0.05) is 30.3 Å². The molecule has 21 nitrogen and oxygen atoms in total. The highest BCUT2D eigenvalue weighted by Gasteiger charge is 2.29. The number of carboxylic acid groups (broad SMARTS) is 2. The van der Waals surface area contributed by atoms with Crippen LogP contribution in [0.4, 0.5) is 28.4 Å². The zero-order valence-electron chi connectivity index (χ0n) is 40.6. The largest absolute Gasteiger partial charge is 0.507 e. The third-order valence-electron chi connectivity index (χ3n) is 12.4. The second-order valence-corrected chi connectivity index (χ2v) is 23.7. The molecule has 2 aliphatic rings. The van der Waals surface area contributed by atoms with Crippen molar-refractivity contribution in [3.63, 3.8) is 0 Å². The molecule has 76 heavy (non-hydrogen) atoms. The number of hydrogen-bond acceptors (Lipinski definition) is 15. The predicted molar refractivity (Wildman–Crippen MR) is 279 cm³/mol. The number of aromatic carboxylic acids is 2. The number of anilines is 4. The van der Waals surface area contributed by atoms with Gasteiger partial charge in [-0.2, -0.15) is 16.8 Å². The molecule has 25 heteroatoms. The molecule has 8 rings (SSSR count). The molecular weight excluding hydrogens is 1070 g/mol. The van der Waals surface area contributed by atoms with Crippen LogP contribution in [-0.2, 0) is 40.3 Å². The highest BCUT2D eigenvalue weighted by Crippen LogP contribution is 2.45. The van der Waals surface area contributed by atoms with Crippen molar-refractivity contribution in [1.29, 1.82) is 0 Å². The molecule has 0 spiro atoms. The second kappa shape index (κ2) is 19.4. The van der Waals surface area contributed by atoms with Crippen LogP contribution in [0.1, 0.15) is 54.1 Å². The van der Waals surface area contributed by atoms with Crippen LogP contribution in [0.5, 0.6) is 11.5 Å². The van der Waals surface area contributed by atoms with Crippen molar-refractivity contribution >= 4 is 91.6 Å². The van der Waals surface area contributed by atoms with Gasteiger partial charge >= 0.3 is 11.9 Å². The Labute approximate surface area is 434 Å². The van der Waals surface area contributed by atoms with Crippen molar-refractivity contribution in [1.82, 2.24) is 0 Å². The number of hydrogen-bond donors (Lipinski definition) is 9. The average Bonchev–Trinajstić information content (AvgIpc) is 3.33. The number of aryl methyl sites for hydroxylation is 4. The fourth-order valence-corrected chi connectivity index (χ4v) is 12.8.